The molecule has 0 bridgehead atoms. The van der Waals surface area contributed by atoms with Gasteiger partial charge in [0, 0.05) is 23.6 Å². The summed E-state index contributed by atoms with van der Waals surface area (Å²) in [6.45, 7) is 8.23. The number of aromatic hydroxyl groups is 2. The van der Waals surface area contributed by atoms with Crippen LogP contribution in [0.2, 0.25) is 0 Å². The monoisotopic (exact) mass is 819 g/mol. The van der Waals surface area contributed by atoms with Gasteiger partial charge in [-0.05, 0) is 44.0 Å². The molecular weight excluding hydrogens is 729 g/mol. The molecule has 0 aliphatic rings. The van der Waals surface area contributed by atoms with Crippen molar-refractivity contribution in [3.05, 3.63) is 47.5 Å². The van der Waals surface area contributed by atoms with Crippen molar-refractivity contribution >= 4 is 12.4 Å². The van der Waals surface area contributed by atoms with Crippen molar-refractivity contribution in [3.8, 4) is 23.0 Å². The summed E-state index contributed by atoms with van der Waals surface area (Å²) in [6.07, 6.45) is 46.4. The number of para-hydroxylation sites is 2. The molecule has 6 heteroatoms. The number of unbranched alkanes of at least 4 members (excludes halogenated alkanes) is 30. The molecule has 2 aromatic carbocycles. The summed E-state index contributed by atoms with van der Waals surface area (Å²) in [5, 5.41) is 21.6. The molecule has 336 valence electrons. The molecule has 0 aliphatic carbocycles. The van der Waals surface area contributed by atoms with Crippen LogP contribution in [0.25, 0.3) is 0 Å². The second kappa shape index (κ2) is 37.9. The molecule has 0 heterocycles. The van der Waals surface area contributed by atoms with Crippen LogP contribution in [0.4, 0.5) is 0 Å². The standard InChI is InChI=1S/C53H90N2O4/c1-4-6-8-10-12-14-16-18-20-22-24-26-28-30-32-34-42-58-50-40-36-38-48(52(50)56)45-54-44-47(3)55-46-49-39-37-41-51(53(49)57)59-43-35-33-31-29-27-25-23-21-19-17-15-13-11-9-7-5-2/h36-41,45-47,56-57H,4-35,42-44H2,1-3H3. The summed E-state index contributed by atoms with van der Waals surface area (Å²) >= 11 is 0. The van der Waals surface area contributed by atoms with Crippen LogP contribution in [0.3, 0.4) is 0 Å². The van der Waals surface area contributed by atoms with Gasteiger partial charge >= 0.3 is 0 Å². The molecule has 2 aromatic rings. The van der Waals surface area contributed by atoms with Crippen LogP contribution in [0.1, 0.15) is 237 Å². The van der Waals surface area contributed by atoms with E-state index >= 15 is 0 Å². The first-order valence-electron chi connectivity index (χ1n) is 25.0. The van der Waals surface area contributed by atoms with Crippen molar-refractivity contribution in [1.29, 1.82) is 0 Å². The zero-order valence-electron chi connectivity index (χ0n) is 38.6. The van der Waals surface area contributed by atoms with E-state index in [-0.39, 0.29) is 17.5 Å². The van der Waals surface area contributed by atoms with Gasteiger partial charge in [0.05, 0.1) is 25.8 Å². The Kier molecular flexibility index (Phi) is 33.5. The van der Waals surface area contributed by atoms with E-state index in [9.17, 15) is 10.2 Å². The Labute approximate surface area is 363 Å². The second-order valence-corrected chi connectivity index (χ2v) is 17.3. The number of hydrogen-bond acceptors (Lipinski definition) is 6. The minimum absolute atomic E-state index is 0.100. The third kappa shape index (κ3) is 28.2. The van der Waals surface area contributed by atoms with Gasteiger partial charge in [0.1, 0.15) is 0 Å². The highest BCUT2D eigenvalue weighted by Crippen LogP contribution is 2.30. The van der Waals surface area contributed by atoms with Gasteiger partial charge in [-0.15, -0.1) is 0 Å². The molecule has 0 radical (unpaired) electrons. The highest BCUT2D eigenvalue weighted by atomic mass is 16.5. The molecule has 0 saturated heterocycles. The van der Waals surface area contributed by atoms with Crippen molar-refractivity contribution in [1.82, 2.24) is 0 Å². The number of nitrogens with zero attached hydrogens (tertiary/aromatic N) is 2. The fraction of sp³-hybridized carbons (Fsp3) is 0.736. The number of aliphatic imine (C=N–C) groups is 2. The van der Waals surface area contributed by atoms with Crippen molar-refractivity contribution in [2.24, 2.45) is 9.98 Å². The van der Waals surface area contributed by atoms with Crippen LogP contribution in [-0.2, 0) is 0 Å². The first kappa shape index (κ1) is 52.1. The molecular formula is C53H90N2O4. The van der Waals surface area contributed by atoms with Gasteiger partial charge in [0.25, 0.3) is 0 Å². The molecule has 0 saturated carbocycles. The number of benzene rings is 2. The number of phenols is 2. The highest BCUT2D eigenvalue weighted by Gasteiger charge is 2.09. The van der Waals surface area contributed by atoms with Gasteiger partial charge in [0.15, 0.2) is 23.0 Å². The summed E-state index contributed by atoms with van der Waals surface area (Å²) in [5.74, 6) is 1.27. The van der Waals surface area contributed by atoms with E-state index in [2.05, 4.69) is 23.8 Å². The minimum Gasteiger partial charge on any atom is -0.504 e. The molecule has 2 rings (SSSR count). The fourth-order valence-corrected chi connectivity index (χ4v) is 7.74. The summed E-state index contributed by atoms with van der Waals surface area (Å²) in [5.41, 5.74) is 1.27. The highest BCUT2D eigenvalue weighted by molar-refractivity contribution is 5.85. The SMILES string of the molecule is CCCCCCCCCCCCCCCCCCOc1cccc(C=NCC(C)N=Cc2cccc(OCCCCCCCCCCCCCCCCCC)c2O)c1O. The van der Waals surface area contributed by atoms with E-state index < -0.39 is 0 Å². The smallest absolute Gasteiger partial charge is 0.166 e. The van der Waals surface area contributed by atoms with Gasteiger partial charge in [-0.1, -0.05) is 219 Å². The number of phenolic OH excluding ortho intramolecular Hbond substituents is 2. The zero-order valence-corrected chi connectivity index (χ0v) is 38.6. The summed E-state index contributed by atoms with van der Waals surface area (Å²) in [6, 6.07) is 11.0. The van der Waals surface area contributed by atoms with Crippen LogP contribution in [0.5, 0.6) is 23.0 Å². The van der Waals surface area contributed by atoms with Crippen LogP contribution in [-0.4, -0.2) is 48.4 Å². The lowest BCUT2D eigenvalue weighted by Crippen LogP contribution is -2.04. The number of rotatable bonds is 41. The molecule has 0 aromatic heterocycles. The minimum atomic E-state index is -0.100. The average molecular weight is 819 g/mol. The Morgan fingerprint density at radius 3 is 1.08 bits per heavy atom. The van der Waals surface area contributed by atoms with Gasteiger partial charge in [-0.2, -0.15) is 0 Å². The third-order valence-corrected chi connectivity index (χ3v) is 11.6. The Bertz CT molecular complexity index is 1310. The maximum absolute atomic E-state index is 10.8. The van der Waals surface area contributed by atoms with Gasteiger partial charge in [-0.25, -0.2) is 0 Å². The molecule has 59 heavy (non-hydrogen) atoms. The van der Waals surface area contributed by atoms with Crippen molar-refractivity contribution in [2.45, 2.75) is 232 Å². The molecule has 6 nitrogen and oxygen atoms in total. The Morgan fingerprint density at radius 1 is 0.441 bits per heavy atom. The summed E-state index contributed by atoms with van der Waals surface area (Å²) < 4.78 is 11.9. The number of ether oxygens (including phenoxy) is 2. The van der Waals surface area contributed by atoms with E-state index in [1.807, 2.05) is 43.3 Å². The number of hydrogen-bond donors (Lipinski definition) is 2. The van der Waals surface area contributed by atoms with Crippen molar-refractivity contribution in [3.63, 3.8) is 0 Å². The maximum atomic E-state index is 10.8. The predicted molar refractivity (Wildman–Crippen MR) is 256 cm³/mol. The van der Waals surface area contributed by atoms with Crippen LogP contribution >= 0.6 is 0 Å². The molecule has 0 fully saturated rings. The van der Waals surface area contributed by atoms with Gasteiger partial charge in [-0.3, -0.25) is 9.98 Å². The average Bonchev–Trinajstić information content (AvgIpc) is 3.24. The van der Waals surface area contributed by atoms with E-state index in [1.54, 1.807) is 12.4 Å². The summed E-state index contributed by atoms with van der Waals surface area (Å²) in [4.78, 5) is 9.16. The molecule has 1 atom stereocenters. The third-order valence-electron chi connectivity index (χ3n) is 11.6. The van der Waals surface area contributed by atoms with E-state index in [4.69, 9.17) is 9.47 Å². The first-order valence-corrected chi connectivity index (χ1v) is 25.0. The first-order chi connectivity index (χ1) is 29.1. The maximum Gasteiger partial charge on any atom is 0.166 e. The molecule has 0 amide bonds. The topological polar surface area (TPSA) is 83.6 Å². The van der Waals surface area contributed by atoms with Crippen molar-refractivity contribution < 1.29 is 19.7 Å². The van der Waals surface area contributed by atoms with Crippen LogP contribution in [0.15, 0.2) is 46.4 Å². The van der Waals surface area contributed by atoms with E-state index in [0.29, 0.717) is 42.4 Å². The molecule has 0 spiro atoms. The van der Waals surface area contributed by atoms with Gasteiger partial charge < -0.3 is 19.7 Å². The Balaban J connectivity index is 1.53. The van der Waals surface area contributed by atoms with E-state index in [0.717, 1.165) is 25.7 Å². The molecule has 2 N–H and O–H groups in total. The fourth-order valence-electron chi connectivity index (χ4n) is 7.74. The van der Waals surface area contributed by atoms with E-state index in [1.165, 1.54) is 180 Å². The molecule has 0 aliphatic heterocycles. The second-order valence-electron chi connectivity index (χ2n) is 17.3. The summed E-state index contributed by atoms with van der Waals surface area (Å²) in [7, 11) is 0. The quantitative estimate of drug-likeness (QED) is 0.0517. The lowest BCUT2D eigenvalue weighted by Gasteiger charge is -2.10. The zero-order chi connectivity index (χ0) is 42.3. The Morgan fingerprint density at radius 2 is 0.746 bits per heavy atom. The van der Waals surface area contributed by atoms with Crippen molar-refractivity contribution in [2.75, 3.05) is 19.8 Å². The predicted octanol–water partition coefficient (Wildman–Crippen LogP) is 16.3. The van der Waals surface area contributed by atoms with Crippen LogP contribution in [0, 0.1) is 0 Å². The molecule has 1 unspecified atom stereocenters. The normalized spacial score (nSPS) is 12.3. The largest absolute Gasteiger partial charge is 0.504 e. The Hall–Kier alpha value is -3.02. The van der Waals surface area contributed by atoms with Crippen LogP contribution < -0.4 is 9.47 Å². The lowest BCUT2D eigenvalue weighted by molar-refractivity contribution is 0.288. The lowest BCUT2D eigenvalue weighted by atomic mass is 10.0. The van der Waals surface area contributed by atoms with Gasteiger partial charge in [0.2, 0.25) is 0 Å².